The minimum Gasteiger partial charge on any atom is -0.382 e. The molecule has 0 aromatic rings. The van der Waals surface area contributed by atoms with E-state index in [0.29, 0.717) is 0 Å². The minimum atomic E-state index is 0.842. The summed E-state index contributed by atoms with van der Waals surface area (Å²) in [6.07, 6.45) is 5.10. The molecule has 0 unspecified atom stereocenters. The Morgan fingerprint density at radius 1 is 1.07 bits per heavy atom. The van der Waals surface area contributed by atoms with Crippen molar-refractivity contribution in [2.24, 2.45) is 0 Å². The summed E-state index contributed by atoms with van der Waals surface area (Å²) < 4.78 is 5.29. The van der Waals surface area contributed by atoms with E-state index in [9.17, 15) is 0 Å². The molecule has 0 rings (SSSR count). The lowest BCUT2D eigenvalue weighted by molar-refractivity contribution is 0.135. The zero-order chi connectivity index (χ0) is 10.6. The highest BCUT2D eigenvalue weighted by Gasteiger charge is 1.97. The summed E-state index contributed by atoms with van der Waals surface area (Å²) in [7, 11) is 2.19. The molecule has 0 N–H and O–H groups in total. The van der Waals surface area contributed by atoms with Crippen molar-refractivity contribution in [3.05, 3.63) is 0 Å². The van der Waals surface area contributed by atoms with Gasteiger partial charge in [-0.25, -0.2) is 0 Å². The number of hydrogen-bond donors (Lipinski definition) is 0. The number of halogens is 1. The molecule has 0 saturated carbocycles. The second-order valence-corrected chi connectivity index (χ2v) is 4.40. The van der Waals surface area contributed by atoms with Crippen LogP contribution in [0.3, 0.4) is 0 Å². The van der Waals surface area contributed by atoms with Gasteiger partial charge in [-0.15, -0.1) is 0 Å². The van der Waals surface area contributed by atoms with E-state index >= 15 is 0 Å². The van der Waals surface area contributed by atoms with Gasteiger partial charge in [0.05, 0.1) is 0 Å². The van der Waals surface area contributed by atoms with Gasteiger partial charge in [0.1, 0.15) is 0 Å². The average molecular weight is 266 g/mol. The summed E-state index contributed by atoms with van der Waals surface area (Å²) in [6, 6.07) is 0. The van der Waals surface area contributed by atoms with Crippen LogP contribution >= 0.6 is 15.9 Å². The van der Waals surface area contributed by atoms with Crippen LogP contribution in [-0.4, -0.2) is 43.6 Å². The van der Waals surface area contributed by atoms with Crippen molar-refractivity contribution >= 4 is 15.9 Å². The molecule has 14 heavy (non-hydrogen) atoms. The fourth-order valence-corrected chi connectivity index (χ4v) is 1.74. The molecule has 86 valence electrons. The van der Waals surface area contributed by atoms with Crippen LogP contribution in [0.2, 0.25) is 0 Å². The highest BCUT2D eigenvalue weighted by atomic mass is 79.9. The highest BCUT2D eigenvalue weighted by molar-refractivity contribution is 9.09. The van der Waals surface area contributed by atoms with Crippen molar-refractivity contribution in [2.45, 2.75) is 32.6 Å². The van der Waals surface area contributed by atoms with Crippen LogP contribution in [0, 0.1) is 0 Å². The minimum absolute atomic E-state index is 0.842. The summed E-state index contributed by atoms with van der Waals surface area (Å²) in [4.78, 5) is 2.40. The Balaban J connectivity index is 3.07. The molecule has 0 aliphatic rings. The van der Waals surface area contributed by atoms with Crippen LogP contribution in [0.4, 0.5) is 0 Å². The van der Waals surface area contributed by atoms with Gasteiger partial charge in [-0.1, -0.05) is 22.4 Å². The van der Waals surface area contributed by atoms with E-state index in [2.05, 4.69) is 27.9 Å². The number of rotatable bonds is 10. The number of nitrogens with zero attached hydrogens (tertiary/aromatic N) is 1. The predicted molar refractivity (Wildman–Crippen MR) is 66.3 cm³/mol. The molecular formula is C11H24BrNO. The molecule has 0 aromatic carbocycles. The zero-order valence-corrected chi connectivity index (χ0v) is 11.2. The van der Waals surface area contributed by atoms with Crippen LogP contribution in [0.5, 0.6) is 0 Å². The van der Waals surface area contributed by atoms with Crippen molar-refractivity contribution in [3.8, 4) is 0 Å². The van der Waals surface area contributed by atoms with E-state index in [1.165, 1.54) is 25.8 Å². The molecule has 0 spiro atoms. The molecule has 0 aliphatic heterocycles. The third-order valence-electron chi connectivity index (χ3n) is 2.21. The Morgan fingerprint density at radius 3 is 2.43 bits per heavy atom. The van der Waals surface area contributed by atoms with E-state index in [1.54, 1.807) is 0 Å². The maximum absolute atomic E-state index is 5.29. The number of ether oxygens (including phenoxy) is 1. The molecule has 0 saturated heterocycles. The first kappa shape index (κ1) is 14.4. The van der Waals surface area contributed by atoms with Gasteiger partial charge < -0.3 is 9.64 Å². The molecular weight excluding hydrogens is 242 g/mol. The largest absolute Gasteiger partial charge is 0.382 e. The van der Waals surface area contributed by atoms with E-state index < -0.39 is 0 Å². The van der Waals surface area contributed by atoms with Crippen LogP contribution in [0.1, 0.15) is 32.6 Å². The standard InChI is InChI=1S/C11H24BrNO/c1-3-14-11-7-10-13(2)9-6-4-5-8-12/h3-11H2,1-2H3. The maximum atomic E-state index is 5.29. The van der Waals surface area contributed by atoms with E-state index in [1.807, 2.05) is 6.92 Å². The number of alkyl halides is 1. The van der Waals surface area contributed by atoms with Gasteiger partial charge in [-0.05, 0) is 39.8 Å². The lowest BCUT2D eigenvalue weighted by Gasteiger charge is -2.15. The summed E-state index contributed by atoms with van der Waals surface area (Å²) in [5, 5.41) is 1.14. The second-order valence-electron chi connectivity index (χ2n) is 3.60. The average Bonchev–Trinajstić information content (AvgIpc) is 2.19. The fourth-order valence-electron chi connectivity index (χ4n) is 1.35. The first-order valence-corrected chi connectivity index (χ1v) is 6.75. The van der Waals surface area contributed by atoms with Gasteiger partial charge in [0.15, 0.2) is 0 Å². The monoisotopic (exact) mass is 265 g/mol. The summed E-state index contributed by atoms with van der Waals surface area (Å²) in [5.41, 5.74) is 0. The molecule has 0 fully saturated rings. The van der Waals surface area contributed by atoms with Crippen molar-refractivity contribution in [1.29, 1.82) is 0 Å². The molecule has 0 amide bonds. The van der Waals surface area contributed by atoms with Crippen molar-refractivity contribution in [3.63, 3.8) is 0 Å². The van der Waals surface area contributed by atoms with E-state index in [4.69, 9.17) is 4.74 Å². The van der Waals surface area contributed by atoms with Crippen molar-refractivity contribution in [1.82, 2.24) is 4.90 Å². The summed E-state index contributed by atoms with van der Waals surface area (Å²) >= 11 is 3.45. The van der Waals surface area contributed by atoms with Crippen LogP contribution < -0.4 is 0 Å². The first-order chi connectivity index (χ1) is 6.81. The van der Waals surface area contributed by atoms with Crippen molar-refractivity contribution < 1.29 is 4.74 Å². The van der Waals surface area contributed by atoms with Gasteiger partial charge in [-0.3, -0.25) is 0 Å². The maximum Gasteiger partial charge on any atom is 0.0478 e. The molecule has 3 heteroatoms. The normalized spacial score (nSPS) is 11.1. The highest BCUT2D eigenvalue weighted by Crippen LogP contribution is 2.00. The van der Waals surface area contributed by atoms with Gasteiger partial charge in [0.25, 0.3) is 0 Å². The number of hydrogen-bond acceptors (Lipinski definition) is 2. The van der Waals surface area contributed by atoms with Crippen LogP contribution in [0.15, 0.2) is 0 Å². The molecule has 2 nitrogen and oxygen atoms in total. The predicted octanol–water partition coefficient (Wildman–Crippen LogP) is 2.91. The van der Waals surface area contributed by atoms with E-state index in [-0.39, 0.29) is 0 Å². The Bertz CT molecular complexity index is 99.5. The molecule has 0 aliphatic carbocycles. The molecule has 0 atom stereocenters. The van der Waals surface area contributed by atoms with Gasteiger partial charge >= 0.3 is 0 Å². The zero-order valence-electron chi connectivity index (χ0n) is 9.60. The summed E-state index contributed by atoms with van der Waals surface area (Å²) in [6.45, 7) is 6.18. The smallest absolute Gasteiger partial charge is 0.0478 e. The Hall–Kier alpha value is 0.400. The van der Waals surface area contributed by atoms with Crippen LogP contribution in [-0.2, 0) is 4.74 Å². The third-order valence-corrected chi connectivity index (χ3v) is 2.77. The third kappa shape index (κ3) is 10.5. The topological polar surface area (TPSA) is 12.5 Å². The molecule has 0 heterocycles. The second kappa shape index (κ2) is 11.5. The molecule has 0 aromatic heterocycles. The van der Waals surface area contributed by atoms with E-state index in [0.717, 1.165) is 31.5 Å². The number of unbranched alkanes of at least 4 members (excludes halogenated alkanes) is 2. The molecule has 0 bridgehead atoms. The summed E-state index contributed by atoms with van der Waals surface area (Å²) in [5.74, 6) is 0. The van der Waals surface area contributed by atoms with Crippen molar-refractivity contribution in [2.75, 3.05) is 38.7 Å². The fraction of sp³-hybridized carbons (Fsp3) is 1.00. The van der Waals surface area contributed by atoms with Crippen LogP contribution in [0.25, 0.3) is 0 Å². The van der Waals surface area contributed by atoms with Gasteiger partial charge in [0.2, 0.25) is 0 Å². The Morgan fingerprint density at radius 2 is 1.79 bits per heavy atom. The quantitative estimate of drug-likeness (QED) is 0.445. The van der Waals surface area contributed by atoms with Gasteiger partial charge in [-0.2, -0.15) is 0 Å². The lowest BCUT2D eigenvalue weighted by Crippen LogP contribution is -2.22. The first-order valence-electron chi connectivity index (χ1n) is 5.63. The SMILES string of the molecule is CCOCCCN(C)CCCCCBr. The lowest BCUT2D eigenvalue weighted by atomic mass is 10.2. The Kier molecular flexibility index (Phi) is 11.8. The Labute approximate surface area is 97.1 Å². The molecule has 0 radical (unpaired) electrons. The van der Waals surface area contributed by atoms with Gasteiger partial charge in [0, 0.05) is 25.1 Å².